The zero-order valence-electron chi connectivity index (χ0n) is 24.1. The van der Waals surface area contributed by atoms with Crippen LogP contribution < -0.4 is 0 Å². The first-order chi connectivity index (χ1) is 22.3. The fourth-order valence-electron chi connectivity index (χ4n) is 6.00. The molecule has 0 bridgehead atoms. The Morgan fingerprint density at radius 3 is 2.04 bits per heavy atom. The number of aromatic nitrogens is 4. The molecule has 0 aliphatic carbocycles. The summed E-state index contributed by atoms with van der Waals surface area (Å²) in [6.07, 6.45) is 1.85. The number of benzene rings is 5. The molecule has 4 heterocycles. The number of furan rings is 1. The lowest BCUT2D eigenvalue weighted by Gasteiger charge is -2.08. The molecule has 0 fully saturated rings. The lowest BCUT2D eigenvalue weighted by Crippen LogP contribution is -1.94. The van der Waals surface area contributed by atoms with Gasteiger partial charge in [-0.1, -0.05) is 115 Å². The van der Waals surface area contributed by atoms with Gasteiger partial charge in [-0.25, -0.2) is 19.9 Å². The van der Waals surface area contributed by atoms with Gasteiger partial charge in [0.15, 0.2) is 11.4 Å². The normalized spacial score (nSPS) is 11.6. The smallest absolute Gasteiger partial charge is 0.229 e. The summed E-state index contributed by atoms with van der Waals surface area (Å²) in [6.45, 7) is 0. The summed E-state index contributed by atoms with van der Waals surface area (Å²) < 4.78 is 6.40. The maximum atomic E-state index is 6.40. The van der Waals surface area contributed by atoms with Gasteiger partial charge in [0.25, 0.3) is 0 Å². The van der Waals surface area contributed by atoms with Crippen molar-refractivity contribution in [3.8, 4) is 45.0 Å². The van der Waals surface area contributed by atoms with E-state index in [2.05, 4.69) is 97.1 Å². The standard InChI is InChI=1S/C40H24N4O/c1-2-8-25(9-3-1)32-23-33-37-38(45-40(33)41-24-32)36(43-39(44-37)31-19-14-26-10-4-5-12-30(26)22-31)29-17-15-28(16-18-29)35-21-20-27-11-6-7-13-34(27)42-35/h1-24H. The molecule has 0 spiro atoms. The molecule has 0 atom stereocenters. The van der Waals surface area contributed by atoms with Gasteiger partial charge in [0.05, 0.1) is 16.6 Å². The molecule has 0 saturated carbocycles. The van der Waals surface area contributed by atoms with Crippen molar-refractivity contribution in [1.82, 2.24) is 19.9 Å². The Labute approximate surface area is 258 Å². The van der Waals surface area contributed by atoms with Crippen LogP contribution in [0.5, 0.6) is 0 Å². The van der Waals surface area contributed by atoms with Crippen LogP contribution in [0.4, 0.5) is 0 Å². The Balaban J connectivity index is 1.23. The fourth-order valence-corrected chi connectivity index (χ4v) is 6.00. The van der Waals surface area contributed by atoms with E-state index in [1.165, 1.54) is 5.39 Å². The molecular formula is C40H24N4O. The van der Waals surface area contributed by atoms with Gasteiger partial charge in [0.2, 0.25) is 5.71 Å². The fraction of sp³-hybridized carbons (Fsp3) is 0. The Bertz CT molecular complexity index is 2540. The molecule has 0 amide bonds. The first-order valence-electron chi connectivity index (χ1n) is 14.9. The average Bonchev–Trinajstić information content (AvgIpc) is 3.49. The number of nitrogens with zero attached hydrogens (tertiary/aromatic N) is 4. The van der Waals surface area contributed by atoms with Crippen molar-refractivity contribution < 1.29 is 4.42 Å². The summed E-state index contributed by atoms with van der Waals surface area (Å²) in [6, 6.07) is 47.7. The van der Waals surface area contributed by atoms with Crippen molar-refractivity contribution in [2.75, 3.05) is 0 Å². The molecule has 0 saturated heterocycles. The van der Waals surface area contributed by atoms with Crippen LogP contribution in [0.2, 0.25) is 0 Å². The van der Waals surface area contributed by atoms with Crippen LogP contribution in [0.1, 0.15) is 0 Å². The summed E-state index contributed by atoms with van der Waals surface area (Å²) in [5, 5.41) is 4.29. The van der Waals surface area contributed by atoms with Gasteiger partial charge in [-0.2, -0.15) is 0 Å². The second-order valence-corrected chi connectivity index (χ2v) is 11.1. The third kappa shape index (κ3) is 4.41. The SMILES string of the molecule is c1ccc(-c2cnc3oc4c(-c5ccc(-c6ccc7ccccc7n6)cc5)nc(-c5ccc6ccccc6c5)nc4c3c2)cc1. The third-order valence-corrected chi connectivity index (χ3v) is 8.34. The number of hydrogen-bond donors (Lipinski definition) is 0. The van der Waals surface area contributed by atoms with Crippen LogP contribution in [0, 0.1) is 0 Å². The Morgan fingerprint density at radius 1 is 0.467 bits per heavy atom. The van der Waals surface area contributed by atoms with Crippen molar-refractivity contribution in [2.45, 2.75) is 0 Å². The summed E-state index contributed by atoms with van der Waals surface area (Å²) in [4.78, 5) is 19.8. The summed E-state index contributed by atoms with van der Waals surface area (Å²) in [5.74, 6) is 0.635. The summed E-state index contributed by atoms with van der Waals surface area (Å²) >= 11 is 0. The minimum atomic E-state index is 0.535. The van der Waals surface area contributed by atoms with E-state index in [4.69, 9.17) is 24.4 Å². The van der Waals surface area contributed by atoms with Crippen molar-refractivity contribution in [3.63, 3.8) is 0 Å². The maximum absolute atomic E-state index is 6.40. The van der Waals surface area contributed by atoms with Crippen molar-refractivity contribution in [2.24, 2.45) is 0 Å². The summed E-state index contributed by atoms with van der Waals surface area (Å²) in [7, 11) is 0. The van der Waals surface area contributed by atoms with Crippen LogP contribution >= 0.6 is 0 Å². The van der Waals surface area contributed by atoms with Crippen LogP contribution in [-0.2, 0) is 0 Å². The molecule has 45 heavy (non-hydrogen) atoms. The van der Waals surface area contributed by atoms with Gasteiger partial charge in [-0.3, -0.25) is 0 Å². The van der Waals surface area contributed by atoms with E-state index in [1.807, 2.05) is 48.7 Å². The molecular weight excluding hydrogens is 552 g/mol. The quantitative estimate of drug-likeness (QED) is 0.209. The molecule has 4 aromatic heterocycles. The van der Waals surface area contributed by atoms with E-state index in [0.717, 1.165) is 66.4 Å². The number of hydrogen-bond acceptors (Lipinski definition) is 5. The number of pyridine rings is 2. The van der Waals surface area contributed by atoms with E-state index >= 15 is 0 Å². The van der Waals surface area contributed by atoms with E-state index < -0.39 is 0 Å². The minimum absolute atomic E-state index is 0.535. The predicted molar refractivity (Wildman–Crippen MR) is 182 cm³/mol. The molecule has 0 N–H and O–H groups in total. The van der Waals surface area contributed by atoms with Crippen LogP contribution in [0.15, 0.2) is 150 Å². The second-order valence-electron chi connectivity index (χ2n) is 11.1. The molecule has 9 rings (SSSR count). The molecule has 5 nitrogen and oxygen atoms in total. The number of para-hydroxylation sites is 1. The van der Waals surface area contributed by atoms with E-state index in [9.17, 15) is 0 Å². The minimum Gasteiger partial charge on any atom is -0.434 e. The lowest BCUT2D eigenvalue weighted by atomic mass is 10.0. The highest BCUT2D eigenvalue weighted by Gasteiger charge is 2.20. The first kappa shape index (κ1) is 25.3. The molecule has 5 heteroatoms. The number of rotatable bonds is 4. The topological polar surface area (TPSA) is 64.7 Å². The largest absolute Gasteiger partial charge is 0.434 e. The zero-order chi connectivity index (χ0) is 29.7. The molecule has 5 aromatic carbocycles. The highest BCUT2D eigenvalue weighted by atomic mass is 16.3. The van der Waals surface area contributed by atoms with Crippen LogP contribution in [-0.4, -0.2) is 19.9 Å². The molecule has 0 unspecified atom stereocenters. The molecule has 9 aromatic rings. The lowest BCUT2D eigenvalue weighted by molar-refractivity contribution is 0.653. The van der Waals surface area contributed by atoms with Crippen LogP contribution in [0.25, 0.3) is 88.9 Å². The van der Waals surface area contributed by atoms with Crippen LogP contribution in [0.3, 0.4) is 0 Å². The molecule has 0 aliphatic heterocycles. The van der Waals surface area contributed by atoms with E-state index in [1.54, 1.807) is 0 Å². The highest BCUT2D eigenvalue weighted by Crippen LogP contribution is 2.37. The predicted octanol–water partition coefficient (Wildman–Crippen LogP) is 10.1. The average molecular weight is 577 g/mol. The molecule has 210 valence electrons. The Hall–Kier alpha value is -6.20. The van der Waals surface area contributed by atoms with Gasteiger partial charge in [0.1, 0.15) is 11.2 Å². The van der Waals surface area contributed by atoms with Crippen molar-refractivity contribution in [3.05, 3.63) is 146 Å². The highest BCUT2D eigenvalue weighted by molar-refractivity contribution is 6.07. The van der Waals surface area contributed by atoms with Gasteiger partial charge in [-0.05, 0) is 40.6 Å². The van der Waals surface area contributed by atoms with Crippen molar-refractivity contribution >= 4 is 43.9 Å². The monoisotopic (exact) mass is 576 g/mol. The Kier molecular flexibility index (Phi) is 5.74. The molecule has 0 aliphatic rings. The number of fused-ring (bicyclic) bond motifs is 5. The van der Waals surface area contributed by atoms with Gasteiger partial charge in [0, 0.05) is 33.8 Å². The van der Waals surface area contributed by atoms with Crippen molar-refractivity contribution in [1.29, 1.82) is 0 Å². The first-order valence-corrected chi connectivity index (χ1v) is 14.9. The second kappa shape index (κ2) is 10.2. The van der Waals surface area contributed by atoms with Gasteiger partial charge < -0.3 is 4.42 Å². The van der Waals surface area contributed by atoms with Gasteiger partial charge in [-0.15, -0.1) is 0 Å². The maximum Gasteiger partial charge on any atom is 0.229 e. The Morgan fingerprint density at radius 2 is 1.18 bits per heavy atom. The third-order valence-electron chi connectivity index (χ3n) is 8.34. The summed E-state index contributed by atoms with van der Waals surface area (Å²) in [5.41, 5.74) is 9.50. The van der Waals surface area contributed by atoms with Gasteiger partial charge >= 0.3 is 0 Å². The molecule has 0 radical (unpaired) electrons. The van der Waals surface area contributed by atoms with E-state index in [0.29, 0.717) is 17.1 Å². The zero-order valence-corrected chi connectivity index (χ0v) is 24.1. The van der Waals surface area contributed by atoms with E-state index in [-0.39, 0.29) is 0 Å².